The molecule has 0 unspecified atom stereocenters. The van der Waals surface area contributed by atoms with Crippen LogP contribution >= 0.6 is 0 Å². The minimum absolute atomic E-state index is 0.219. The van der Waals surface area contributed by atoms with Gasteiger partial charge in [0.15, 0.2) is 0 Å². The Morgan fingerprint density at radius 2 is 1.83 bits per heavy atom. The van der Waals surface area contributed by atoms with E-state index in [-0.39, 0.29) is 5.75 Å². The van der Waals surface area contributed by atoms with Crippen LogP contribution < -0.4 is 9.64 Å². The lowest BCUT2D eigenvalue weighted by Crippen LogP contribution is -2.47. The van der Waals surface area contributed by atoms with E-state index in [2.05, 4.69) is 33.8 Å². The molecule has 0 spiro atoms. The number of ether oxygens (including phenoxy) is 1. The molecule has 5 heteroatoms. The fourth-order valence-electron chi connectivity index (χ4n) is 2.75. The molecule has 0 saturated carbocycles. The van der Waals surface area contributed by atoms with Crippen LogP contribution in [0.4, 0.5) is 5.69 Å². The molecule has 0 radical (unpaired) electrons. The normalized spacial score (nSPS) is 15.6. The zero-order valence-corrected chi connectivity index (χ0v) is 13.5. The lowest BCUT2D eigenvalue weighted by Gasteiger charge is -2.35. The lowest BCUT2D eigenvalue weighted by atomic mass is 10.2. The van der Waals surface area contributed by atoms with Crippen LogP contribution in [0.5, 0.6) is 11.5 Å². The molecule has 122 valence electrons. The highest BCUT2D eigenvalue weighted by atomic mass is 16.5. The highest BCUT2D eigenvalue weighted by Gasteiger charge is 2.17. The van der Waals surface area contributed by atoms with Crippen molar-refractivity contribution in [2.45, 2.75) is 6.92 Å². The van der Waals surface area contributed by atoms with Gasteiger partial charge in [-0.3, -0.25) is 9.88 Å². The van der Waals surface area contributed by atoms with Crippen molar-refractivity contribution in [1.82, 2.24) is 9.88 Å². The van der Waals surface area contributed by atoms with Gasteiger partial charge in [-0.05, 0) is 19.1 Å². The van der Waals surface area contributed by atoms with Crippen LogP contribution in [-0.4, -0.2) is 54.3 Å². The maximum absolute atomic E-state index is 9.52. The van der Waals surface area contributed by atoms with Crippen molar-refractivity contribution in [2.75, 3.05) is 44.2 Å². The molecule has 0 amide bonds. The summed E-state index contributed by atoms with van der Waals surface area (Å²) in [4.78, 5) is 8.70. The van der Waals surface area contributed by atoms with Crippen molar-refractivity contribution in [2.24, 2.45) is 0 Å². The highest BCUT2D eigenvalue weighted by molar-refractivity contribution is 5.48. The molecule has 2 aromatic rings. The first-order chi connectivity index (χ1) is 11.2. The zero-order valence-electron chi connectivity index (χ0n) is 13.5. The van der Waals surface area contributed by atoms with Crippen molar-refractivity contribution in [1.29, 1.82) is 0 Å². The summed E-state index contributed by atoms with van der Waals surface area (Å²) >= 11 is 0. The van der Waals surface area contributed by atoms with Crippen LogP contribution in [0.2, 0.25) is 0 Å². The molecule has 1 aromatic heterocycles. The summed E-state index contributed by atoms with van der Waals surface area (Å²) in [7, 11) is 0. The van der Waals surface area contributed by atoms with Crippen LogP contribution in [0, 0.1) is 6.92 Å². The number of benzene rings is 1. The first kappa shape index (κ1) is 15.6. The Hall–Kier alpha value is -2.27. The van der Waals surface area contributed by atoms with Gasteiger partial charge in [0, 0.05) is 38.8 Å². The van der Waals surface area contributed by atoms with Crippen LogP contribution in [0.3, 0.4) is 0 Å². The molecular formula is C18H23N3O2. The average molecular weight is 313 g/mol. The number of rotatable bonds is 5. The second-order valence-corrected chi connectivity index (χ2v) is 5.89. The number of hydrogen-bond acceptors (Lipinski definition) is 5. The summed E-state index contributed by atoms with van der Waals surface area (Å²) in [5.41, 5.74) is 2.23. The number of nitrogens with zero attached hydrogens (tertiary/aromatic N) is 3. The third-order valence-corrected chi connectivity index (χ3v) is 4.14. The summed E-state index contributed by atoms with van der Waals surface area (Å²) in [5, 5.41) is 9.52. The molecule has 0 atom stereocenters. The number of aromatic hydroxyl groups is 1. The summed E-state index contributed by atoms with van der Waals surface area (Å²) < 4.78 is 5.79. The molecule has 1 fully saturated rings. The molecule has 1 aliphatic rings. The summed E-state index contributed by atoms with van der Waals surface area (Å²) in [6.45, 7) is 7.58. The van der Waals surface area contributed by atoms with E-state index in [0.29, 0.717) is 6.61 Å². The van der Waals surface area contributed by atoms with Gasteiger partial charge in [0.1, 0.15) is 18.1 Å². The molecule has 0 aliphatic carbocycles. The summed E-state index contributed by atoms with van der Waals surface area (Å²) in [6, 6.07) is 9.93. The van der Waals surface area contributed by atoms with E-state index in [0.717, 1.165) is 44.2 Å². The predicted molar refractivity (Wildman–Crippen MR) is 91.2 cm³/mol. The van der Waals surface area contributed by atoms with Crippen LogP contribution in [0.25, 0.3) is 0 Å². The SMILES string of the molecule is Cc1ccc(OCCN2CCN(c3cncc(O)c3)CC2)cc1. The van der Waals surface area contributed by atoms with E-state index in [1.54, 1.807) is 12.3 Å². The number of piperazine rings is 1. The number of aromatic nitrogens is 1. The van der Waals surface area contributed by atoms with Gasteiger partial charge in [-0.2, -0.15) is 0 Å². The van der Waals surface area contributed by atoms with E-state index in [9.17, 15) is 5.11 Å². The minimum atomic E-state index is 0.219. The smallest absolute Gasteiger partial charge is 0.135 e. The Morgan fingerprint density at radius 3 is 2.52 bits per heavy atom. The molecule has 1 aliphatic heterocycles. The molecule has 1 N–H and O–H groups in total. The summed E-state index contributed by atoms with van der Waals surface area (Å²) in [6.07, 6.45) is 3.26. The zero-order chi connectivity index (χ0) is 16.1. The van der Waals surface area contributed by atoms with E-state index in [4.69, 9.17) is 4.74 Å². The van der Waals surface area contributed by atoms with Crippen molar-refractivity contribution in [3.63, 3.8) is 0 Å². The summed E-state index contributed by atoms with van der Waals surface area (Å²) in [5.74, 6) is 1.15. The predicted octanol–water partition coefficient (Wildman–Crippen LogP) is 2.30. The molecular weight excluding hydrogens is 290 g/mol. The molecule has 1 saturated heterocycles. The maximum atomic E-state index is 9.52. The van der Waals surface area contributed by atoms with Crippen LogP contribution in [0.1, 0.15) is 5.56 Å². The highest BCUT2D eigenvalue weighted by Crippen LogP contribution is 2.19. The van der Waals surface area contributed by atoms with Crippen LogP contribution in [-0.2, 0) is 0 Å². The van der Waals surface area contributed by atoms with Crippen molar-refractivity contribution < 1.29 is 9.84 Å². The topological polar surface area (TPSA) is 48.8 Å². The molecule has 5 nitrogen and oxygen atoms in total. The Labute approximate surface area is 137 Å². The fourth-order valence-corrected chi connectivity index (χ4v) is 2.75. The van der Waals surface area contributed by atoms with Gasteiger partial charge in [-0.25, -0.2) is 0 Å². The second-order valence-electron chi connectivity index (χ2n) is 5.89. The monoisotopic (exact) mass is 313 g/mol. The third-order valence-electron chi connectivity index (χ3n) is 4.14. The number of anilines is 1. The molecule has 2 heterocycles. The fraction of sp³-hybridized carbons (Fsp3) is 0.389. The van der Waals surface area contributed by atoms with Gasteiger partial charge in [0.2, 0.25) is 0 Å². The molecule has 0 bridgehead atoms. The molecule has 1 aromatic carbocycles. The van der Waals surface area contributed by atoms with Crippen molar-refractivity contribution in [3.8, 4) is 11.5 Å². The maximum Gasteiger partial charge on any atom is 0.135 e. The second kappa shape index (κ2) is 7.33. The number of hydrogen-bond donors (Lipinski definition) is 1. The largest absolute Gasteiger partial charge is 0.506 e. The Morgan fingerprint density at radius 1 is 1.09 bits per heavy atom. The van der Waals surface area contributed by atoms with Crippen molar-refractivity contribution in [3.05, 3.63) is 48.3 Å². The molecule has 23 heavy (non-hydrogen) atoms. The van der Waals surface area contributed by atoms with Gasteiger partial charge in [-0.1, -0.05) is 17.7 Å². The Bertz CT molecular complexity index is 622. The van der Waals surface area contributed by atoms with Crippen LogP contribution in [0.15, 0.2) is 42.7 Å². The van der Waals surface area contributed by atoms with E-state index in [1.807, 2.05) is 12.1 Å². The Balaban J connectivity index is 1.41. The molecule has 3 rings (SSSR count). The van der Waals surface area contributed by atoms with Gasteiger partial charge in [-0.15, -0.1) is 0 Å². The van der Waals surface area contributed by atoms with Gasteiger partial charge >= 0.3 is 0 Å². The van der Waals surface area contributed by atoms with E-state index < -0.39 is 0 Å². The standard InChI is InChI=1S/C18H23N3O2/c1-15-2-4-18(5-3-15)23-11-10-20-6-8-21(9-7-20)16-12-17(22)14-19-13-16/h2-5,12-14,22H,6-11H2,1H3. The minimum Gasteiger partial charge on any atom is -0.506 e. The van der Waals surface area contributed by atoms with Gasteiger partial charge in [0.05, 0.1) is 18.1 Å². The number of aryl methyl sites for hydroxylation is 1. The first-order valence-corrected chi connectivity index (χ1v) is 8.01. The quantitative estimate of drug-likeness (QED) is 0.918. The average Bonchev–Trinajstić information content (AvgIpc) is 2.57. The van der Waals surface area contributed by atoms with Gasteiger partial charge in [0.25, 0.3) is 0 Å². The third kappa shape index (κ3) is 4.36. The van der Waals surface area contributed by atoms with E-state index in [1.165, 1.54) is 11.8 Å². The first-order valence-electron chi connectivity index (χ1n) is 8.01. The Kier molecular flexibility index (Phi) is 4.98. The van der Waals surface area contributed by atoms with Crippen molar-refractivity contribution >= 4 is 5.69 Å². The lowest BCUT2D eigenvalue weighted by molar-refractivity contribution is 0.200. The number of pyridine rings is 1. The van der Waals surface area contributed by atoms with Gasteiger partial charge < -0.3 is 14.7 Å². The van der Waals surface area contributed by atoms with E-state index >= 15 is 0 Å².